The number of rotatable bonds is 3. The summed E-state index contributed by atoms with van der Waals surface area (Å²) >= 11 is 1.49. The highest BCUT2D eigenvalue weighted by Crippen LogP contribution is 2.00. The zero-order valence-corrected chi connectivity index (χ0v) is 6.98. The molecule has 0 N–H and O–H groups in total. The molecule has 0 aliphatic heterocycles. The van der Waals surface area contributed by atoms with Gasteiger partial charge in [-0.25, -0.2) is 0 Å². The van der Waals surface area contributed by atoms with Crippen molar-refractivity contribution < 1.29 is 0 Å². The fraction of sp³-hybridized carbons (Fsp3) is 0.667. The Hall–Kier alpha value is -0.480. The molecular weight excluding hydrogens is 146 g/mol. The zero-order chi connectivity index (χ0) is 7.40. The molecule has 1 radical (unpaired) electrons. The van der Waals surface area contributed by atoms with Crippen LogP contribution in [0.5, 0.6) is 0 Å². The first-order valence-corrected chi connectivity index (χ1v) is 3.94. The third-order valence-corrected chi connectivity index (χ3v) is 1.83. The van der Waals surface area contributed by atoms with E-state index >= 15 is 0 Å². The summed E-state index contributed by atoms with van der Waals surface area (Å²) < 4.78 is 0. The van der Waals surface area contributed by atoms with Gasteiger partial charge in [0.15, 0.2) is 5.51 Å². The van der Waals surface area contributed by atoms with Crippen LogP contribution in [-0.2, 0) is 6.42 Å². The minimum atomic E-state index is 0.980. The molecule has 1 rings (SSSR count). The monoisotopic (exact) mass is 156 g/mol. The number of hydrogen-bond acceptors (Lipinski definition) is 4. The summed E-state index contributed by atoms with van der Waals surface area (Å²) in [5.41, 5.74) is 2.72. The van der Waals surface area contributed by atoms with Gasteiger partial charge in [0, 0.05) is 13.0 Å². The molecule has 0 amide bonds. The molecule has 0 spiro atoms. The molecule has 1 aromatic rings. The van der Waals surface area contributed by atoms with Crippen molar-refractivity contribution in [3.8, 4) is 0 Å². The summed E-state index contributed by atoms with van der Waals surface area (Å²) in [6.45, 7) is 1.03. The molecule has 0 aromatic carbocycles. The molecule has 4 heteroatoms. The lowest BCUT2D eigenvalue weighted by Gasteiger charge is -2.05. The van der Waals surface area contributed by atoms with Crippen LogP contribution < -0.4 is 0 Å². The lowest BCUT2D eigenvalue weighted by molar-refractivity contribution is 0.413. The molecule has 1 aromatic heterocycles. The summed E-state index contributed by atoms with van der Waals surface area (Å²) in [7, 11) is 4.09. The van der Waals surface area contributed by atoms with Gasteiger partial charge in [0.25, 0.3) is 0 Å². The van der Waals surface area contributed by atoms with E-state index in [1.54, 1.807) is 0 Å². The lowest BCUT2D eigenvalue weighted by Crippen LogP contribution is -2.14. The van der Waals surface area contributed by atoms with E-state index in [4.69, 9.17) is 0 Å². The van der Waals surface area contributed by atoms with E-state index in [1.807, 2.05) is 14.1 Å². The van der Waals surface area contributed by atoms with Crippen molar-refractivity contribution in [3.05, 3.63) is 10.5 Å². The second-order valence-corrected chi connectivity index (χ2v) is 3.20. The fourth-order valence-corrected chi connectivity index (χ4v) is 1.05. The predicted molar refractivity (Wildman–Crippen MR) is 41.0 cm³/mol. The molecule has 0 bridgehead atoms. The van der Waals surface area contributed by atoms with Gasteiger partial charge in [-0.15, -0.1) is 10.2 Å². The molecule has 0 unspecified atom stereocenters. The van der Waals surface area contributed by atoms with Gasteiger partial charge in [0.1, 0.15) is 5.01 Å². The Morgan fingerprint density at radius 3 is 2.90 bits per heavy atom. The van der Waals surface area contributed by atoms with Crippen LogP contribution in [0.4, 0.5) is 0 Å². The topological polar surface area (TPSA) is 29.0 Å². The first kappa shape index (κ1) is 7.63. The molecule has 55 valence electrons. The summed E-state index contributed by atoms with van der Waals surface area (Å²) in [5.74, 6) is 0. The van der Waals surface area contributed by atoms with Gasteiger partial charge in [-0.3, -0.25) is 0 Å². The maximum absolute atomic E-state index is 3.87. The van der Waals surface area contributed by atoms with Crippen LogP contribution in [0.3, 0.4) is 0 Å². The molecule has 0 atom stereocenters. The van der Waals surface area contributed by atoms with Gasteiger partial charge in [0.05, 0.1) is 0 Å². The number of likely N-dealkylation sites (N-methyl/N-ethyl adjacent to an activating group) is 1. The molecule has 0 fully saturated rings. The third kappa shape index (κ3) is 2.41. The van der Waals surface area contributed by atoms with Crippen LogP contribution in [-0.4, -0.2) is 35.7 Å². The number of nitrogens with zero attached hydrogens (tertiary/aromatic N) is 3. The second-order valence-electron chi connectivity index (χ2n) is 2.34. The van der Waals surface area contributed by atoms with Crippen LogP contribution in [0.2, 0.25) is 0 Å². The highest BCUT2D eigenvalue weighted by atomic mass is 32.1. The van der Waals surface area contributed by atoms with Gasteiger partial charge in [0.2, 0.25) is 0 Å². The first-order valence-electron chi connectivity index (χ1n) is 3.12. The molecule has 1 heterocycles. The summed E-state index contributed by atoms with van der Waals surface area (Å²) in [6, 6.07) is 0. The standard InChI is InChI=1S/C6H10N3S/c1-9(2)4-3-6-8-7-5-10-6/h3-4H2,1-2H3. The minimum absolute atomic E-state index is 0.980. The molecule has 0 saturated carbocycles. The average molecular weight is 156 g/mol. The SMILES string of the molecule is CN(C)CCc1nn[c]s1. The third-order valence-electron chi connectivity index (χ3n) is 1.14. The Bertz CT molecular complexity index is 171. The van der Waals surface area contributed by atoms with Gasteiger partial charge in [-0.1, -0.05) is 11.3 Å². The van der Waals surface area contributed by atoms with Crippen molar-refractivity contribution in [2.24, 2.45) is 0 Å². The van der Waals surface area contributed by atoms with Gasteiger partial charge >= 0.3 is 0 Å². The largest absolute Gasteiger partial charge is 0.309 e. The highest BCUT2D eigenvalue weighted by molar-refractivity contribution is 7.08. The molecule has 0 aliphatic carbocycles. The molecule has 0 saturated heterocycles. The van der Waals surface area contributed by atoms with Gasteiger partial charge in [-0.05, 0) is 14.1 Å². The summed E-state index contributed by atoms with van der Waals surface area (Å²) in [6.07, 6.45) is 0.980. The van der Waals surface area contributed by atoms with Crippen molar-refractivity contribution >= 4 is 11.3 Å². The Morgan fingerprint density at radius 2 is 2.40 bits per heavy atom. The van der Waals surface area contributed by atoms with Gasteiger partial charge in [-0.2, -0.15) is 0 Å². The van der Waals surface area contributed by atoms with E-state index in [0.29, 0.717) is 0 Å². The van der Waals surface area contributed by atoms with Crippen molar-refractivity contribution in [3.63, 3.8) is 0 Å². The van der Waals surface area contributed by atoms with E-state index in [-0.39, 0.29) is 0 Å². The van der Waals surface area contributed by atoms with E-state index in [1.165, 1.54) is 11.3 Å². The van der Waals surface area contributed by atoms with Crippen molar-refractivity contribution in [2.75, 3.05) is 20.6 Å². The molecule has 10 heavy (non-hydrogen) atoms. The lowest BCUT2D eigenvalue weighted by atomic mass is 10.4. The van der Waals surface area contributed by atoms with Crippen LogP contribution >= 0.6 is 11.3 Å². The van der Waals surface area contributed by atoms with E-state index in [9.17, 15) is 0 Å². The Morgan fingerprint density at radius 1 is 1.60 bits per heavy atom. The van der Waals surface area contributed by atoms with Crippen LogP contribution in [0.15, 0.2) is 0 Å². The second kappa shape index (κ2) is 3.63. The van der Waals surface area contributed by atoms with Crippen molar-refractivity contribution in [1.29, 1.82) is 0 Å². The minimum Gasteiger partial charge on any atom is -0.309 e. The van der Waals surface area contributed by atoms with Crippen LogP contribution in [0.25, 0.3) is 0 Å². The van der Waals surface area contributed by atoms with E-state index in [0.717, 1.165) is 18.0 Å². The zero-order valence-electron chi connectivity index (χ0n) is 6.16. The van der Waals surface area contributed by atoms with Crippen LogP contribution in [0.1, 0.15) is 5.01 Å². The maximum Gasteiger partial charge on any atom is 0.178 e. The molecule has 3 nitrogen and oxygen atoms in total. The normalized spacial score (nSPS) is 10.7. The predicted octanol–water partition coefficient (Wildman–Crippen LogP) is 0.442. The quantitative estimate of drug-likeness (QED) is 0.636. The van der Waals surface area contributed by atoms with Crippen molar-refractivity contribution in [2.45, 2.75) is 6.42 Å². The van der Waals surface area contributed by atoms with Gasteiger partial charge < -0.3 is 4.90 Å². The first-order chi connectivity index (χ1) is 4.79. The maximum atomic E-state index is 3.87. The highest BCUT2D eigenvalue weighted by Gasteiger charge is 1.96. The average Bonchev–Trinajstić information content (AvgIpc) is 2.34. The fourth-order valence-electron chi connectivity index (χ4n) is 0.590. The summed E-state index contributed by atoms with van der Waals surface area (Å²) in [4.78, 5) is 2.13. The van der Waals surface area contributed by atoms with Crippen LogP contribution in [0, 0.1) is 5.51 Å². The Labute approximate surface area is 64.7 Å². The molecular formula is C6H10N3S. The van der Waals surface area contributed by atoms with Crippen molar-refractivity contribution in [1.82, 2.24) is 15.1 Å². The Balaban J connectivity index is 2.28. The smallest absolute Gasteiger partial charge is 0.178 e. The van der Waals surface area contributed by atoms with E-state index in [2.05, 4.69) is 20.6 Å². The number of hydrogen-bond donors (Lipinski definition) is 0. The summed E-state index contributed by atoms with van der Waals surface area (Å²) in [5, 5.41) is 8.56. The van der Waals surface area contributed by atoms with E-state index < -0.39 is 0 Å². The number of aromatic nitrogens is 2. The Kier molecular flexibility index (Phi) is 2.77. The molecule has 0 aliphatic rings.